The van der Waals surface area contributed by atoms with E-state index >= 15 is 0 Å². The van der Waals surface area contributed by atoms with Gasteiger partial charge in [-0.2, -0.15) is 10.5 Å². The summed E-state index contributed by atoms with van der Waals surface area (Å²) < 4.78 is 0.948. The maximum absolute atomic E-state index is 9.00. The third kappa shape index (κ3) is 2.78. The van der Waals surface area contributed by atoms with Crippen LogP contribution in [0.25, 0.3) is 0 Å². The lowest BCUT2D eigenvalue weighted by atomic mass is 10.0. The summed E-state index contributed by atoms with van der Waals surface area (Å²) in [5.41, 5.74) is 1.62. The lowest BCUT2D eigenvalue weighted by Crippen LogP contribution is -2.15. The van der Waals surface area contributed by atoms with Gasteiger partial charge >= 0.3 is 0 Å². The van der Waals surface area contributed by atoms with Gasteiger partial charge in [0.25, 0.3) is 0 Å². The molecule has 0 aromatic heterocycles. The van der Waals surface area contributed by atoms with Gasteiger partial charge in [-0.15, -0.1) is 0 Å². The summed E-state index contributed by atoms with van der Waals surface area (Å²) in [7, 11) is 0. The molecule has 0 unspecified atom stereocenters. The highest BCUT2D eigenvalue weighted by molar-refractivity contribution is 9.10. The molecule has 17 heavy (non-hydrogen) atoms. The number of nitrogens with one attached hydrogen (secondary N) is 1. The second-order valence-electron chi connectivity index (χ2n) is 4.49. The van der Waals surface area contributed by atoms with E-state index in [1.165, 1.54) is 0 Å². The summed E-state index contributed by atoms with van der Waals surface area (Å²) in [6.45, 7) is 0.770. The molecule has 1 aliphatic rings. The topological polar surface area (TPSA) is 59.6 Å². The summed E-state index contributed by atoms with van der Waals surface area (Å²) in [6.07, 6.45) is 2.79. The van der Waals surface area contributed by atoms with Gasteiger partial charge in [-0.05, 0) is 31.0 Å². The molecule has 0 saturated heterocycles. The van der Waals surface area contributed by atoms with Crippen molar-refractivity contribution in [1.29, 1.82) is 10.5 Å². The average Bonchev–Trinajstić information content (AvgIpc) is 3.08. The van der Waals surface area contributed by atoms with Crippen LogP contribution in [0.1, 0.15) is 24.8 Å². The summed E-state index contributed by atoms with van der Waals surface area (Å²) in [5.74, 6) is 0. The van der Waals surface area contributed by atoms with Crippen LogP contribution in [0, 0.1) is 28.1 Å². The molecule has 0 radical (unpaired) electrons. The molecule has 1 saturated carbocycles. The number of rotatable bonds is 4. The second kappa shape index (κ2) is 4.77. The molecule has 86 valence electrons. The predicted octanol–water partition coefficient (Wildman–Crippen LogP) is 3.43. The Morgan fingerprint density at radius 2 is 2.12 bits per heavy atom. The maximum atomic E-state index is 9.00. The Labute approximate surface area is 109 Å². The molecule has 0 spiro atoms. The van der Waals surface area contributed by atoms with Crippen LogP contribution in [0.2, 0.25) is 0 Å². The molecule has 0 aliphatic heterocycles. The minimum atomic E-state index is 0.143. The van der Waals surface area contributed by atoms with Crippen molar-refractivity contribution < 1.29 is 0 Å². The quantitative estimate of drug-likeness (QED) is 0.924. The molecule has 3 nitrogen and oxygen atoms in total. The summed E-state index contributed by atoms with van der Waals surface area (Å²) >= 11 is 3.39. The van der Waals surface area contributed by atoms with E-state index in [1.807, 2.05) is 12.1 Å². The van der Waals surface area contributed by atoms with E-state index in [4.69, 9.17) is 10.5 Å². The van der Waals surface area contributed by atoms with Crippen molar-refractivity contribution in [3.8, 4) is 12.1 Å². The van der Waals surface area contributed by atoms with Crippen LogP contribution in [0.4, 0.5) is 5.69 Å². The molecular weight excluding hydrogens is 278 g/mol. The largest absolute Gasteiger partial charge is 0.383 e. The van der Waals surface area contributed by atoms with E-state index in [1.54, 1.807) is 6.07 Å². The van der Waals surface area contributed by atoms with Crippen molar-refractivity contribution in [2.45, 2.75) is 19.3 Å². The second-order valence-corrected chi connectivity index (χ2v) is 5.41. The van der Waals surface area contributed by atoms with Gasteiger partial charge in [0.2, 0.25) is 0 Å². The van der Waals surface area contributed by atoms with E-state index in [-0.39, 0.29) is 5.41 Å². The minimum absolute atomic E-state index is 0.143. The van der Waals surface area contributed by atoms with Gasteiger partial charge in [0, 0.05) is 22.9 Å². The molecule has 4 heteroatoms. The highest BCUT2D eigenvalue weighted by Crippen LogP contribution is 2.48. The van der Waals surface area contributed by atoms with Crippen molar-refractivity contribution in [3.05, 3.63) is 28.2 Å². The number of halogens is 1. The molecule has 0 amide bonds. The first-order valence-electron chi connectivity index (χ1n) is 5.50. The van der Waals surface area contributed by atoms with Gasteiger partial charge in [-0.25, -0.2) is 0 Å². The highest BCUT2D eigenvalue weighted by atomic mass is 79.9. The van der Waals surface area contributed by atoms with Gasteiger partial charge in [0.15, 0.2) is 0 Å². The normalized spacial score (nSPS) is 15.7. The Bertz CT molecular complexity index is 506. The molecule has 1 N–H and O–H groups in total. The van der Waals surface area contributed by atoms with E-state index in [0.29, 0.717) is 12.0 Å². The van der Waals surface area contributed by atoms with Crippen LogP contribution < -0.4 is 5.32 Å². The fourth-order valence-electron chi connectivity index (χ4n) is 1.80. The van der Waals surface area contributed by atoms with Gasteiger partial charge in [-0.1, -0.05) is 15.9 Å². The Morgan fingerprint density at radius 1 is 1.35 bits per heavy atom. The Morgan fingerprint density at radius 3 is 2.71 bits per heavy atom. The van der Waals surface area contributed by atoms with Crippen LogP contribution in [-0.4, -0.2) is 6.54 Å². The van der Waals surface area contributed by atoms with Gasteiger partial charge in [0.05, 0.1) is 17.3 Å². The Balaban J connectivity index is 2.07. The molecule has 1 fully saturated rings. The van der Waals surface area contributed by atoms with Crippen LogP contribution in [-0.2, 0) is 0 Å². The Hall–Kier alpha value is -1.52. The average molecular weight is 290 g/mol. The van der Waals surface area contributed by atoms with Crippen molar-refractivity contribution >= 4 is 21.6 Å². The van der Waals surface area contributed by atoms with Crippen LogP contribution in [0.5, 0.6) is 0 Å². The van der Waals surface area contributed by atoms with Crippen molar-refractivity contribution in [2.24, 2.45) is 5.41 Å². The Kier molecular flexibility index (Phi) is 3.36. The number of nitriles is 2. The van der Waals surface area contributed by atoms with E-state index in [9.17, 15) is 0 Å². The summed E-state index contributed by atoms with van der Waals surface area (Å²) in [4.78, 5) is 0. The lowest BCUT2D eigenvalue weighted by Gasteiger charge is -2.14. The fourth-order valence-corrected chi connectivity index (χ4v) is 2.16. The lowest BCUT2D eigenvalue weighted by molar-refractivity contribution is 0.557. The third-order valence-corrected chi connectivity index (χ3v) is 3.66. The SMILES string of the molecule is N#CCC1(CNc2cc(Br)ccc2C#N)CC1. The number of nitrogens with zero attached hydrogens (tertiary/aromatic N) is 2. The molecule has 2 rings (SSSR count). The van der Waals surface area contributed by atoms with Crippen LogP contribution in [0.15, 0.2) is 22.7 Å². The molecule has 0 atom stereocenters. The molecule has 1 aromatic carbocycles. The van der Waals surface area contributed by atoms with Gasteiger partial charge in [-0.3, -0.25) is 0 Å². The van der Waals surface area contributed by atoms with Gasteiger partial charge < -0.3 is 5.32 Å². The number of benzene rings is 1. The molecular formula is C13H12BrN3. The third-order valence-electron chi connectivity index (χ3n) is 3.17. The molecule has 0 heterocycles. The standard InChI is InChI=1S/C13H12BrN3/c14-11-2-1-10(8-16)12(7-11)17-9-13(3-4-13)5-6-15/h1-2,7,17H,3-5,9H2. The zero-order chi connectivity index (χ0) is 12.3. The smallest absolute Gasteiger partial charge is 0.101 e. The number of anilines is 1. The van der Waals surface area contributed by atoms with E-state index in [0.717, 1.165) is 29.5 Å². The zero-order valence-corrected chi connectivity index (χ0v) is 10.9. The van der Waals surface area contributed by atoms with E-state index < -0.39 is 0 Å². The van der Waals surface area contributed by atoms with Crippen molar-refractivity contribution in [3.63, 3.8) is 0 Å². The summed E-state index contributed by atoms with van der Waals surface area (Å²) in [5, 5.41) is 21.0. The minimum Gasteiger partial charge on any atom is -0.383 e. The molecule has 1 aromatic rings. The van der Waals surface area contributed by atoms with E-state index in [2.05, 4.69) is 33.4 Å². The first kappa shape index (κ1) is 12.0. The first-order chi connectivity index (χ1) is 8.19. The monoisotopic (exact) mass is 289 g/mol. The summed E-state index contributed by atoms with van der Waals surface area (Å²) in [6, 6.07) is 9.94. The predicted molar refractivity (Wildman–Crippen MR) is 69.2 cm³/mol. The number of hydrogen-bond donors (Lipinski definition) is 1. The van der Waals surface area contributed by atoms with Crippen LogP contribution >= 0.6 is 15.9 Å². The van der Waals surface area contributed by atoms with Crippen LogP contribution in [0.3, 0.4) is 0 Å². The van der Waals surface area contributed by atoms with Gasteiger partial charge in [0.1, 0.15) is 6.07 Å². The van der Waals surface area contributed by atoms with Crippen molar-refractivity contribution in [2.75, 3.05) is 11.9 Å². The first-order valence-corrected chi connectivity index (χ1v) is 6.29. The maximum Gasteiger partial charge on any atom is 0.101 e. The number of hydrogen-bond acceptors (Lipinski definition) is 3. The molecule has 1 aliphatic carbocycles. The zero-order valence-electron chi connectivity index (χ0n) is 9.33. The molecule has 0 bridgehead atoms. The van der Waals surface area contributed by atoms with Crippen molar-refractivity contribution in [1.82, 2.24) is 0 Å². The highest BCUT2D eigenvalue weighted by Gasteiger charge is 2.42. The fraction of sp³-hybridized carbons (Fsp3) is 0.385.